The van der Waals surface area contributed by atoms with Crippen molar-refractivity contribution in [1.82, 2.24) is 10.3 Å². The normalized spacial score (nSPS) is 18.5. The summed E-state index contributed by atoms with van der Waals surface area (Å²) in [7, 11) is 0. The van der Waals surface area contributed by atoms with Crippen molar-refractivity contribution in [3.05, 3.63) is 28.4 Å². The van der Waals surface area contributed by atoms with Gasteiger partial charge in [0.25, 0.3) is 0 Å². The monoisotopic (exact) mass is 264 g/mol. The van der Waals surface area contributed by atoms with Crippen LogP contribution in [0.25, 0.3) is 0 Å². The molecule has 1 aromatic rings. The van der Waals surface area contributed by atoms with Crippen LogP contribution in [0.2, 0.25) is 0 Å². The number of nitrogens with zero attached hydrogens (tertiary/aromatic N) is 3. The SMILES string of the molecule is CCCN(CC1CCCN1)c1cccnc1[N+](=O)[O-]. The van der Waals surface area contributed by atoms with Crippen LogP contribution in [0.5, 0.6) is 0 Å². The van der Waals surface area contributed by atoms with E-state index in [4.69, 9.17) is 0 Å². The topological polar surface area (TPSA) is 71.3 Å². The van der Waals surface area contributed by atoms with E-state index in [-0.39, 0.29) is 5.82 Å². The summed E-state index contributed by atoms with van der Waals surface area (Å²) in [6.07, 6.45) is 4.74. The van der Waals surface area contributed by atoms with E-state index >= 15 is 0 Å². The second kappa shape index (κ2) is 6.47. The molecule has 2 rings (SSSR count). The number of nitrogens with one attached hydrogen (secondary N) is 1. The van der Waals surface area contributed by atoms with Gasteiger partial charge in [0, 0.05) is 19.1 Å². The number of hydrogen-bond acceptors (Lipinski definition) is 5. The van der Waals surface area contributed by atoms with Crippen molar-refractivity contribution in [2.24, 2.45) is 0 Å². The highest BCUT2D eigenvalue weighted by atomic mass is 16.6. The van der Waals surface area contributed by atoms with Crippen LogP contribution < -0.4 is 10.2 Å². The van der Waals surface area contributed by atoms with Gasteiger partial charge in [-0.15, -0.1) is 0 Å². The summed E-state index contributed by atoms with van der Waals surface area (Å²) in [6.45, 7) is 4.74. The standard InChI is InChI=1S/C13H20N4O2/c1-2-9-16(10-11-5-3-7-14-11)12-6-4-8-15-13(12)17(18)19/h4,6,8,11,14H,2-3,5,7,9-10H2,1H3. The van der Waals surface area contributed by atoms with Crippen LogP contribution in [0.4, 0.5) is 11.5 Å². The molecule has 6 heteroatoms. The largest absolute Gasteiger partial charge is 0.387 e. The first-order valence-corrected chi connectivity index (χ1v) is 6.80. The molecule has 1 aromatic heterocycles. The lowest BCUT2D eigenvalue weighted by atomic mass is 10.2. The summed E-state index contributed by atoms with van der Waals surface area (Å²) < 4.78 is 0. The number of aromatic nitrogens is 1. The molecule has 1 N–H and O–H groups in total. The molecule has 0 amide bonds. The minimum atomic E-state index is -0.403. The third-order valence-corrected chi connectivity index (χ3v) is 3.38. The Hall–Kier alpha value is -1.69. The molecule has 6 nitrogen and oxygen atoms in total. The van der Waals surface area contributed by atoms with Gasteiger partial charge in [0.2, 0.25) is 0 Å². The zero-order chi connectivity index (χ0) is 13.7. The number of hydrogen-bond donors (Lipinski definition) is 1. The van der Waals surface area contributed by atoms with Gasteiger partial charge in [0.05, 0.1) is 0 Å². The maximum atomic E-state index is 11.1. The summed E-state index contributed by atoms with van der Waals surface area (Å²) in [6, 6.07) is 3.97. The molecular weight excluding hydrogens is 244 g/mol. The lowest BCUT2D eigenvalue weighted by Crippen LogP contribution is -2.38. The highest BCUT2D eigenvalue weighted by Gasteiger charge is 2.23. The molecule has 1 saturated heterocycles. The maximum absolute atomic E-state index is 11.1. The van der Waals surface area contributed by atoms with Crippen molar-refractivity contribution in [3.63, 3.8) is 0 Å². The molecule has 1 atom stereocenters. The molecule has 104 valence electrons. The van der Waals surface area contributed by atoms with E-state index in [0.717, 1.165) is 32.5 Å². The summed E-state index contributed by atoms with van der Waals surface area (Å²) in [5, 5.41) is 14.5. The molecule has 2 heterocycles. The average molecular weight is 264 g/mol. The molecule has 1 unspecified atom stereocenters. The van der Waals surface area contributed by atoms with E-state index in [1.807, 2.05) is 0 Å². The molecule has 1 aliphatic rings. The maximum Gasteiger partial charge on any atom is 0.387 e. The second-order valence-corrected chi connectivity index (χ2v) is 4.84. The van der Waals surface area contributed by atoms with Crippen LogP contribution in [-0.4, -0.2) is 35.6 Å². The summed E-state index contributed by atoms with van der Waals surface area (Å²) in [5.74, 6) is -0.0473. The van der Waals surface area contributed by atoms with Crippen LogP contribution in [0.15, 0.2) is 18.3 Å². The first-order chi connectivity index (χ1) is 9.22. The first-order valence-electron chi connectivity index (χ1n) is 6.80. The van der Waals surface area contributed by atoms with E-state index in [1.165, 1.54) is 12.6 Å². The Morgan fingerprint density at radius 1 is 1.63 bits per heavy atom. The smallest absolute Gasteiger partial charge is 0.363 e. The van der Waals surface area contributed by atoms with E-state index < -0.39 is 4.92 Å². The van der Waals surface area contributed by atoms with Crippen molar-refractivity contribution < 1.29 is 4.92 Å². The molecule has 19 heavy (non-hydrogen) atoms. The third-order valence-electron chi connectivity index (χ3n) is 3.38. The fourth-order valence-electron chi connectivity index (χ4n) is 2.53. The minimum Gasteiger partial charge on any atom is -0.363 e. The number of rotatable bonds is 6. The zero-order valence-electron chi connectivity index (χ0n) is 11.2. The van der Waals surface area contributed by atoms with Gasteiger partial charge in [-0.05, 0) is 47.8 Å². The summed E-state index contributed by atoms with van der Waals surface area (Å²) in [5.41, 5.74) is 0.628. The number of pyridine rings is 1. The van der Waals surface area contributed by atoms with Gasteiger partial charge in [0.15, 0.2) is 0 Å². The van der Waals surface area contributed by atoms with E-state index in [1.54, 1.807) is 12.1 Å². The van der Waals surface area contributed by atoms with E-state index in [9.17, 15) is 10.1 Å². The van der Waals surface area contributed by atoms with Gasteiger partial charge in [-0.2, -0.15) is 0 Å². The quantitative estimate of drug-likeness (QED) is 0.628. The lowest BCUT2D eigenvalue weighted by Gasteiger charge is -2.26. The van der Waals surface area contributed by atoms with E-state index in [2.05, 4.69) is 22.1 Å². The Balaban J connectivity index is 2.19. The fraction of sp³-hybridized carbons (Fsp3) is 0.615. The molecule has 0 saturated carbocycles. The molecule has 0 bridgehead atoms. The van der Waals surface area contributed by atoms with Crippen molar-refractivity contribution in [3.8, 4) is 0 Å². The predicted octanol–water partition coefficient (Wildman–Crippen LogP) is 1.96. The van der Waals surface area contributed by atoms with Crippen LogP contribution in [0.3, 0.4) is 0 Å². The number of nitro groups is 1. The summed E-state index contributed by atoms with van der Waals surface area (Å²) in [4.78, 5) is 16.6. The van der Waals surface area contributed by atoms with Gasteiger partial charge >= 0.3 is 5.82 Å². The molecular formula is C13H20N4O2. The average Bonchev–Trinajstić information content (AvgIpc) is 2.91. The van der Waals surface area contributed by atoms with Gasteiger partial charge in [0.1, 0.15) is 11.9 Å². The van der Waals surface area contributed by atoms with Gasteiger partial charge < -0.3 is 20.3 Å². The molecule has 0 radical (unpaired) electrons. The van der Waals surface area contributed by atoms with Gasteiger partial charge in [-0.1, -0.05) is 6.92 Å². The molecule has 0 spiro atoms. The Labute approximate surface area is 113 Å². The first kappa shape index (κ1) is 13.7. The van der Waals surface area contributed by atoms with Crippen LogP contribution in [-0.2, 0) is 0 Å². The van der Waals surface area contributed by atoms with E-state index in [0.29, 0.717) is 11.7 Å². The molecule has 1 fully saturated rings. The van der Waals surface area contributed by atoms with Crippen LogP contribution >= 0.6 is 0 Å². The second-order valence-electron chi connectivity index (χ2n) is 4.84. The molecule has 0 aliphatic carbocycles. The number of anilines is 1. The Kier molecular flexibility index (Phi) is 4.68. The van der Waals surface area contributed by atoms with Crippen molar-refractivity contribution in [2.75, 3.05) is 24.5 Å². The zero-order valence-corrected chi connectivity index (χ0v) is 11.2. The summed E-state index contributed by atoms with van der Waals surface area (Å²) >= 11 is 0. The van der Waals surface area contributed by atoms with Gasteiger partial charge in [-0.25, -0.2) is 0 Å². The predicted molar refractivity (Wildman–Crippen MR) is 74.4 cm³/mol. The van der Waals surface area contributed by atoms with Crippen molar-refractivity contribution in [1.29, 1.82) is 0 Å². The van der Waals surface area contributed by atoms with Crippen molar-refractivity contribution >= 4 is 11.5 Å². The van der Waals surface area contributed by atoms with Crippen LogP contribution in [0.1, 0.15) is 26.2 Å². The molecule has 1 aliphatic heterocycles. The van der Waals surface area contributed by atoms with Crippen molar-refractivity contribution in [2.45, 2.75) is 32.2 Å². The third kappa shape index (κ3) is 3.41. The Bertz CT molecular complexity index is 432. The highest BCUT2D eigenvalue weighted by molar-refractivity contribution is 5.59. The Morgan fingerprint density at radius 2 is 2.47 bits per heavy atom. The minimum absolute atomic E-state index is 0.0473. The fourth-order valence-corrected chi connectivity index (χ4v) is 2.53. The molecule has 0 aromatic carbocycles. The lowest BCUT2D eigenvalue weighted by molar-refractivity contribution is -0.388. The highest BCUT2D eigenvalue weighted by Crippen LogP contribution is 2.26. The van der Waals surface area contributed by atoms with Crippen LogP contribution in [0, 0.1) is 10.1 Å². The Morgan fingerprint density at radius 3 is 3.11 bits per heavy atom. The van der Waals surface area contributed by atoms with Gasteiger partial charge in [-0.3, -0.25) is 0 Å².